The summed E-state index contributed by atoms with van der Waals surface area (Å²) in [5.41, 5.74) is 0.0425. The second kappa shape index (κ2) is 10.8. The summed E-state index contributed by atoms with van der Waals surface area (Å²) in [6.07, 6.45) is 0. The molecule has 0 bridgehead atoms. The zero-order valence-electron chi connectivity index (χ0n) is 16.5. The van der Waals surface area contributed by atoms with Gasteiger partial charge in [-0.25, -0.2) is 12.8 Å². The smallest absolute Gasteiger partial charge is 0.243 e. The number of nitrogens with zero attached hydrogens (tertiary/aromatic N) is 1. The second-order valence-corrected chi connectivity index (χ2v) is 10.7. The maximum atomic E-state index is 14.4. The topological polar surface area (TPSA) is 66.5 Å². The molecule has 0 saturated heterocycles. The normalized spacial score (nSPS) is 11.6. The van der Waals surface area contributed by atoms with Crippen LogP contribution in [0.25, 0.3) is 0 Å². The number of amides is 1. The van der Waals surface area contributed by atoms with Gasteiger partial charge >= 0.3 is 0 Å². The molecule has 12 heteroatoms. The summed E-state index contributed by atoms with van der Waals surface area (Å²) in [5.74, 6) is -1.47. The summed E-state index contributed by atoms with van der Waals surface area (Å²) in [7, 11) is -4.25. The van der Waals surface area contributed by atoms with E-state index in [2.05, 4.69) is 5.32 Å². The zero-order valence-corrected chi connectivity index (χ0v) is 21.1. The van der Waals surface area contributed by atoms with Gasteiger partial charge in [0.25, 0.3) is 0 Å². The lowest BCUT2D eigenvalue weighted by Crippen LogP contribution is -2.38. The number of hydrogen-bond acceptors (Lipinski definition) is 3. The third-order valence-electron chi connectivity index (χ3n) is 4.45. The minimum absolute atomic E-state index is 0.0132. The Morgan fingerprint density at radius 2 is 1.52 bits per heavy atom. The molecule has 0 radical (unpaired) electrons. The fraction of sp³-hybridized carbons (Fsp3) is 0.0952. The van der Waals surface area contributed by atoms with Gasteiger partial charge in [-0.3, -0.25) is 4.79 Å². The number of nitrogens with one attached hydrogen (secondary N) is 1. The van der Waals surface area contributed by atoms with Gasteiger partial charge in [0.05, 0.1) is 32.2 Å². The third kappa shape index (κ3) is 6.31. The van der Waals surface area contributed by atoms with Gasteiger partial charge in [0, 0.05) is 22.2 Å². The summed E-state index contributed by atoms with van der Waals surface area (Å²) < 4.78 is 41.8. The summed E-state index contributed by atoms with van der Waals surface area (Å²) in [6.45, 7) is -1.18. The second-order valence-electron chi connectivity index (χ2n) is 6.72. The number of anilines is 1. The molecule has 0 unspecified atom stereocenters. The Labute approximate surface area is 215 Å². The molecule has 0 aliphatic heterocycles. The minimum atomic E-state index is -4.25. The lowest BCUT2D eigenvalue weighted by Gasteiger charge is -2.23. The molecular formula is C21H14Cl5FN2O3S. The van der Waals surface area contributed by atoms with Crippen LogP contribution >= 0.6 is 58.0 Å². The van der Waals surface area contributed by atoms with Crippen LogP contribution in [0, 0.1) is 5.82 Å². The van der Waals surface area contributed by atoms with Crippen molar-refractivity contribution in [3.63, 3.8) is 0 Å². The van der Waals surface area contributed by atoms with Gasteiger partial charge in [-0.15, -0.1) is 0 Å². The summed E-state index contributed by atoms with van der Waals surface area (Å²) in [5, 5.41) is 3.24. The van der Waals surface area contributed by atoms with Crippen molar-refractivity contribution in [1.82, 2.24) is 4.31 Å². The van der Waals surface area contributed by atoms with E-state index in [0.29, 0.717) is 5.02 Å². The van der Waals surface area contributed by atoms with Crippen LogP contribution < -0.4 is 5.32 Å². The Hall–Kier alpha value is -1.58. The highest BCUT2D eigenvalue weighted by Gasteiger charge is 2.29. The molecule has 0 spiro atoms. The van der Waals surface area contributed by atoms with Crippen LogP contribution in [0.3, 0.4) is 0 Å². The fourth-order valence-electron chi connectivity index (χ4n) is 2.81. The van der Waals surface area contributed by atoms with E-state index in [1.54, 1.807) is 0 Å². The number of benzene rings is 3. The van der Waals surface area contributed by atoms with E-state index in [9.17, 15) is 17.6 Å². The van der Waals surface area contributed by atoms with E-state index in [4.69, 9.17) is 58.0 Å². The Balaban J connectivity index is 1.95. The van der Waals surface area contributed by atoms with Crippen LogP contribution in [-0.4, -0.2) is 25.2 Å². The van der Waals surface area contributed by atoms with E-state index in [0.717, 1.165) is 10.4 Å². The molecule has 1 N–H and O–H groups in total. The first-order valence-electron chi connectivity index (χ1n) is 9.12. The fourth-order valence-corrected chi connectivity index (χ4v) is 5.12. The number of carbonyl (C=O) groups excluding carboxylic acids is 1. The monoisotopic (exact) mass is 568 g/mol. The van der Waals surface area contributed by atoms with E-state index in [1.165, 1.54) is 48.5 Å². The Bertz CT molecular complexity index is 1280. The molecule has 0 aromatic heterocycles. The van der Waals surface area contributed by atoms with Crippen molar-refractivity contribution in [1.29, 1.82) is 0 Å². The van der Waals surface area contributed by atoms with E-state index in [1.807, 2.05) is 0 Å². The SMILES string of the molecule is O=C(CN(Cc1c(F)cccc1Cl)S(=O)(=O)c1ccc(Cl)cc1)Nc1cc(Cl)c(Cl)cc1Cl. The predicted octanol–water partition coefficient (Wildman–Crippen LogP) is 6.92. The van der Waals surface area contributed by atoms with E-state index >= 15 is 0 Å². The van der Waals surface area contributed by atoms with Crippen LogP contribution in [-0.2, 0) is 21.4 Å². The highest BCUT2D eigenvalue weighted by Crippen LogP contribution is 2.32. The van der Waals surface area contributed by atoms with Gasteiger partial charge < -0.3 is 5.32 Å². The molecule has 5 nitrogen and oxygen atoms in total. The van der Waals surface area contributed by atoms with Gasteiger partial charge in [-0.1, -0.05) is 64.1 Å². The molecule has 0 fully saturated rings. The predicted molar refractivity (Wildman–Crippen MR) is 131 cm³/mol. The van der Waals surface area contributed by atoms with Crippen LogP contribution in [0.4, 0.5) is 10.1 Å². The molecule has 0 aliphatic rings. The lowest BCUT2D eigenvalue weighted by molar-refractivity contribution is -0.116. The highest BCUT2D eigenvalue weighted by atomic mass is 35.5. The van der Waals surface area contributed by atoms with Crippen molar-refractivity contribution in [2.24, 2.45) is 0 Å². The van der Waals surface area contributed by atoms with Crippen LogP contribution in [0.5, 0.6) is 0 Å². The molecule has 3 aromatic carbocycles. The van der Waals surface area contributed by atoms with E-state index < -0.39 is 34.8 Å². The van der Waals surface area contributed by atoms with Gasteiger partial charge in [0.15, 0.2) is 0 Å². The van der Waals surface area contributed by atoms with Crippen LogP contribution in [0.2, 0.25) is 25.1 Å². The number of hydrogen-bond donors (Lipinski definition) is 1. The van der Waals surface area contributed by atoms with Crippen molar-refractivity contribution in [3.05, 3.63) is 91.1 Å². The van der Waals surface area contributed by atoms with Gasteiger partial charge in [0.2, 0.25) is 15.9 Å². The molecule has 3 rings (SSSR count). The molecular weight excluding hydrogens is 557 g/mol. The molecule has 0 atom stereocenters. The molecule has 0 heterocycles. The van der Waals surface area contributed by atoms with Gasteiger partial charge in [-0.05, 0) is 48.5 Å². The average molecular weight is 571 g/mol. The number of sulfonamides is 1. The first kappa shape index (κ1) is 26.0. The van der Waals surface area contributed by atoms with Crippen molar-refractivity contribution >= 4 is 79.6 Å². The Morgan fingerprint density at radius 1 is 0.879 bits per heavy atom. The van der Waals surface area contributed by atoms with Crippen molar-refractivity contribution in [2.45, 2.75) is 11.4 Å². The van der Waals surface area contributed by atoms with Gasteiger partial charge in [-0.2, -0.15) is 4.31 Å². The summed E-state index contributed by atoms with van der Waals surface area (Å²) in [4.78, 5) is 12.6. The van der Waals surface area contributed by atoms with E-state index in [-0.39, 0.29) is 36.2 Å². The quantitative estimate of drug-likeness (QED) is 0.314. The molecule has 1 amide bonds. The molecule has 174 valence electrons. The first-order chi connectivity index (χ1) is 15.5. The largest absolute Gasteiger partial charge is 0.324 e. The third-order valence-corrected chi connectivity index (χ3v) is 7.90. The standard InChI is InChI=1S/C21H14Cl5FN2O3S/c22-12-4-6-13(7-5-12)33(31,32)29(10-14-15(23)2-1-3-19(14)27)11-21(30)28-20-9-17(25)16(24)8-18(20)26/h1-9H,10-11H2,(H,28,30). The summed E-state index contributed by atoms with van der Waals surface area (Å²) >= 11 is 29.9. The number of rotatable bonds is 7. The maximum absolute atomic E-state index is 14.4. The van der Waals surface area contributed by atoms with Crippen LogP contribution in [0.1, 0.15) is 5.56 Å². The number of halogens is 6. The van der Waals surface area contributed by atoms with Gasteiger partial charge in [0.1, 0.15) is 5.82 Å². The molecule has 0 saturated carbocycles. The molecule has 3 aromatic rings. The average Bonchev–Trinajstić information content (AvgIpc) is 2.74. The highest BCUT2D eigenvalue weighted by molar-refractivity contribution is 7.89. The maximum Gasteiger partial charge on any atom is 0.243 e. The number of carbonyl (C=O) groups is 1. The first-order valence-corrected chi connectivity index (χ1v) is 12.4. The lowest BCUT2D eigenvalue weighted by atomic mass is 10.2. The Kier molecular flexibility index (Phi) is 8.50. The van der Waals surface area contributed by atoms with Crippen molar-refractivity contribution < 1.29 is 17.6 Å². The minimum Gasteiger partial charge on any atom is -0.324 e. The van der Waals surface area contributed by atoms with Crippen LogP contribution in [0.15, 0.2) is 59.5 Å². The summed E-state index contributed by atoms with van der Waals surface area (Å²) in [6, 6.07) is 11.9. The Morgan fingerprint density at radius 3 is 2.15 bits per heavy atom. The zero-order chi connectivity index (χ0) is 24.3. The molecule has 0 aliphatic carbocycles. The molecule has 33 heavy (non-hydrogen) atoms. The van der Waals surface area contributed by atoms with Crippen molar-refractivity contribution in [3.8, 4) is 0 Å². The van der Waals surface area contributed by atoms with Crippen molar-refractivity contribution in [2.75, 3.05) is 11.9 Å².